The molecule has 1 aromatic rings. The molecule has 1 unspecified atom stereocenters. The van der Waals surface area contributed by atoms with Crippen LogP contribution in [0.4, 0.5) is 0 Å². The summed E-state index contributed by atoms with van der Waals surface area (Å²) in [5.41, 5.74) is 0.873. The van der Waals surface area contributed by atoms with E-state index in [9.17, 15) is 4.79 Å². The summed E-state index contributed by atoms with van der Waals surface area (Å²) in [7, 11) is 0. The molecule has 1 heterocycles. The van der Waals surface area contributed by atoms with Crippen molar-refractivity contribution in [1.82, 2.24) is 10.2 Å². The topological polar surface area (TPSA) is 66.0 Å². The molecule has 2 N–H and O–H groups in total. The van der Waals surface area contributed by atoms with Gasteiger partial charge in [0.15, 0.2) is 6.29 Å². The SMILES string of the molecule is CC(O)c1cc(C=O)n[nH]1. The minimum Gasteiger partial charge on any atom is -0.387 e. The quantitative estimate of drug-likeness (QED) is 0.579. The van der Waals surface area contributed by atoms with Gasteiger partial charge < -0.3 is 5.11 Å². The highest BCUT2D eigenvalue weighted by atomic mass is 16.3. The summed E-state index contributed by atoms with van der Waals surface area (Å²) >= 11 is 0. The van der Waals surface area contributed by atoms with Crippen molar-refractivity contribution in [2.75, 3.05) is 0 Å². The summed E-state index contributed by atoms with van der Waals surface area (Å²) in [6.07, 6.45) is 0.0312. The summed E-state index contributed by atoms with van der Waals surface area (Å²) in [6.45, 7) is 1.60. The molecular weight excluding hydrogens is 132 g/mol. The van der Waals surface area contributed by atoms with E-state index in [-0.39, 0.29) is 0 Å². The molecule has 0 bridgehead atoms. The van der Waals surface area contributed by atoms with Crippen LogP contribution < -0.4 is 0 Å². The maximum absolute atomic E-state index is 10.1. The van der Waals surface area contributed by atoms with E-state index >= 15 is 0 Å². The molecule has 1 rings (SSSR count). The molecule has 0 aliphatic carbocycles. The maximum Gasteiger partial charge on any atom is 0.170 e. The second-order valence-electron chi connectivity index (χ2n) is 2.04. The Labute approximate surface area is 57.9 Å². The number of rotatable bonds is 2. The van der Waals surface area contributed by atoms with Crippen LogP contribution in [0.2, 0.25) is 0 Å². The van der Waals surface area contributed by atoms with E-state index in [0.717, 1.165) is 0 Å². The van der Waals surface area contributed by atoms with Gasteiger partial charge in [-0.3, -0.25) is 9.89 Å². The van der Waals surface area contributed by atoms with E-state index in [4.69, 9.17) is 5.11 Å². The zero-order valence-corrected chi connectivity index (χ0v) is 5.53. The van der Waals surface area contributed by atoms with Crippen molar-refractivity contribution >= 4 is 6.29 Å². The first-order valence-corrected chi connectivity index (χ1v) is 2.92. The number of nitrogens with zero attached hydrogens (tertiary/aromatic N) is 1. The van der Waals surface area contributed by atoms with Gasteiger partial charge >= 0.3 is 0 Å². The number of aliphatic hydroxyl groups is 1. The van der Waals surface area contributed by atoms with Crippen LogP contribution >= 0.6 is 0 Å². The average Bonchev–Trinajstić information content (AvgIpc) is 2.34. The van der Waals surface area contributed by atoms with E-state index in [0.29, 0.717) is 17.7 Å². The van der Waals surface area contributed by atoms with Crippen LogP contribution in [-0.2, 0) is 0 Å². The van der Waals surface area contributed by atoms with E-state index in [1.54, 1.807) is 6.92 Å². The Morgan fingerprint density at radius 1 is 1.90 bits per heavy atom. The van der Waals surface area contributed by atoms with Crippen LogP contribution in [0.1, 0.15) is 29.2 Å². The molecule has 0 amide bonds. The van der Waals surface area contributed by atoms with Crippen LogP contribution in [0.3, 0.4) is 0 Å². The van der Waals surface area contributed by atoms with Crippen molar-refractivity contribution in [2.45, 2.75) is 13.0 Å². The molecule has 0 aromatic carbocycles. The molecule has 0 saturated carbocycles. The van der Waals surface area contributed by atoms with Gasteiger partial charge in [-0.05, 0) is 13.0 Å². The van der Waals surface area contributed by atoms with Crippen molar-refractivity contribution in [3.8, 4) is 0 Å². The van der Waals surface area contributed by atoms with Crippen molar-refractivity contribution in [3.05, 3.63) is 17.5 Å². The highest BCUT2D eigenvalue weighted by Gasteiger charge is 2.03. The number of carbonyl (C=O) groups is 1. The number of carbonyl (C=O) groups excluding carboxylic acids is 1. The molecule has 4 nitrogen and oxygen atoms in total. The van der Waals surface area contributed by atoms with Gasteiger partial charge in [-0.2, -0.15) is 5.10 Å². The van der Waals surface area contributed by atoms with Crippen molar-refractivity contribution in [1.29, 1.82) is 0 Å². The minimum absolute atomic E-state index is 0.316. The largest absolute Gasteiger partial charge is 0.387 e. The molecule has 1 atom stereocenters. The van der Waals surface area contributed by atoms with Gasteiger partial charge in [-0.1, -0.05) is 0 Å². The van der Waals surface area contributed by atoms with Crippen molar-refractivity contribution in [2.24, 2.45) is 0 Å². The summed E-state index contributed by atoms with van der Waals surface area (Å²) in [5, 5.41) is 15.1. The average molecular weight is 140 g/mol. The molecule has 4 heteroatoms. The Kier molecular flexibility index (Phi) is 1.82. The van der Waals surface area contributed by atoms with Gasteiger partial charge in [-0.15, -0.1) is 0 Å². The molecule has 0 fully saturated rings. The normalized spacial score (nSPS) is 13.0. The van der Waals surface area contributed by atoms with Gasteiger partial charge in [0.05, 0.1) is 11.8 Å². The second-order valence-corrected chi connectivity index (χ2v) is 2.04. The number of aliphatic hydroxyl groups excluding tert-OH is 1. The Bertz CT molecular complexity index is 229. The Balaban J connectivity index is 2.88. The first-order valence-electron chi connectivity index (χ1n) is 2.92. The number of aromatic amines is 1. The van der Waals surface area contributed by atoms with E-state index in [1.165, 1.54) is 6.07 Å². The second kappa shape index (κ2) is 2.62. The van der Waals surface area contributed by atoms with Gasteiger partial charge in [0.2, 0.25) is 0 Å². The summed E-state index contributed by atoms with van der Waals surface area (Å²) in [6, 6.07) is 1.51. The fraction of sp³-hybridized carbons (Fsp3) is 0.333. The van der Waals surface area contributed by atoms with Crippen LogP contribution in [0, 0.1) is 0 Å². The van der Waals surface area contributed by atoms with Crippen LogP contribution in [0.5, 0.6) is 0 Å². The molecule has 0 saturated heterocycles. The van der Waals surface area contributed by atoms with E-state index in [1.807, 2.05) is 0 Å². The molecule has 54 valence electrons. The molecule has 0 aliphatic rings. The lowest BCUT2D eigenvalue weighted by atomic mass is 10.3. The number of hydrogen-bond acceptors (Lipinski definition) is 3. The third kappa shape index (κ3) is 1.22. The zero-order chi connectivity index (χ0) is 7.56. The third-order valence-electron chi connectivity index (χ3n) is 1.19. The number of H-pyrrole nitrogens is 1. The van der Waals surface area contributed by atoms with Crippen molar-refractivity contribution in [3.63, 3.8) is 0 Å². The highest BCUT2D eigenvalue weighted by Crippen LogP contribution is 2.07. The first kappa shape index (κ1) is 6.95. The molecule has 0 radical (unpaired) electrons. The van der Waals surface area contributed by atoms with Crippen molar-refractivity contribution < 1.29 is 9.90 Å². The number of nitrogens with one attached hydrogen (secondary N) is 1. The van der Waals surface area contributed by atoms with Crippen LogP contribution in [0.25, 0.3) is 0 Å². The first-order chi connectivity index (χ1) is 4.74. The van der Waals surface area contributed by atoms with Crippen LogP contribution in [0.15, 0.2) is 6.07 Å². The number of aromatic nitrogens is 2. The van der Waals surface area contributed by atoms with Gasteiger partial charge in [0, 0.05) is 0 Å². The van der Waals surface area contributed by atoms with Gasteiger partial charge in [-0.25, -0.2) is 0 Å². The third-order valence-corrected chi connectivity index (χ3v) is 1.19. The maximum atomic E-state index is 10.1. The predicted octanol–water partition coefficient (Wildman–Crippen LogP) is 0.275. The molecule has 10 heavy (non-hydrogen) atoms. The lowest BCUT2D eigenvalue weighted by Gasteiger charge is -1.95. The monoisotopic (exact) mass is 140 g/mol. The molecular formula is C6H8N2O2. The van der Waals surface area contributed by atoms with E-state index < -0.39 is 6.10 Å². The minimum atomic E-state index is -0.596. The summed E-state index contributed by atoms with van der Waals surface area (Å²) < 4.78 is 0. The lowest BCUT2D eigenvalue weighted by molar-refractivity contribution is 0.111. The van der Waals surface area contributed by atoms with Gasteiger partial charge in [0.1, 0.15) is 5.69 Å². The smallest absolute Gasteiger partial charge is 0.170 e. The Morgan fingerprint density at radius 3 is 2.90 bits per heavy atom. The summed E-state index contributed by atoms with van der Waals surface area (Å²) in [4.78, 5) is 10.1. The lowest BCUT2D eigenvalue weighted by Crippen LogP contribution is -1.89. The standard InChI is InChI=1S/C6H8N2O2/c1-4(10)6-2-5(3-9)7-8-6/h2-4,10H,1H3,(H,7,8). The number of hydrogen-bond donors (Lipinski definition) is 2. The predicted molar refractivity (Wildman–Crippen MR) is 34.6 cm³/mol. The molecule has 0 aliphatic heterocycles. The Hall–Kier alpha value is -1.16. The zero-order valence-electron chi connectivity index (χ0n) is 5.53. The van der Waals surface area contributed by atoms with Gasteiger partial charge in [0.25, 0.3) is 0 Å². The number of aldehydes is 1. The fourth-order valence-corrected chi connectivity index (χ4v) is 0.627. The fourth-order valence-electron chi connectivity index (χ4n) is 0.627. The Morgan fingerprint density at radius 2 is 2.60 bits per heavy atom. The summed E-state index contributed by atoms with van der Waals surface area (Å²) in [5.74, 6) is 0. The van der Waals surface area contributed by atoms with E-state index in [2.05, 4.69) is 10.2 Å². The molecule has 0 spiro atoms. The van der Waals surface area contributed by atoms with Crippen LogP contribution in [-0.4, -0.2) is 21.6 Å². The highest BCUT2D eigenvalue weighted by molar-refractivity contribution is 5.71. The molecule has 1 aromatic heterocycles.